The normalized spacial score (nSPS) is 24.2. The Kier molecular flexibility index (Phi) is 2.87. The lowest BCUT2D eigenvalue weighted by atomic mass is 10.1. The van der Waals surface area contributed by atoms with Crippen LogP contribution in [-0.2, 0) is 4.79 Å². The summed E-state index contributed by atoms with van der Waals surface area (Å²) in [5.41, 5.74) is 1.08. The molecule has 0 spiro atoms. The van der Waals surface area contributed by atoms with E-state index in [1.807, 2.05) is 11.8 Å². The Morgan fingerprint density at radius 1 is 1.75 bits per heavy atom. The second-order valence-electron chi connectivity index (χ2n) is 3.37. The van der Waals surface area contributed by atoms with E-state index in [1.54, 1.807) is 0 Å². The van der Waals surface area contributed by atoms with Gasteiger partial charge < -0.3 is 5.11 Å². The molecule has 1 saturated heterocycles. The highest BCUT2D eigenvalue weighted by Crippen LogP contribution is 2.21. The van der Waals surface area contributed by atoms with E-state index in [1.165, 1.54) is 0 Å². The lowest BCUT2D eigenvalue weighted by Crippen LogP contribution is -2.34. The van der Waals surface area contributed by atoms with Gasteiger partial charge in [-0.3, -0.25) is 9.69 Å². The van der Waals surface area contributed by atoms with Gasteiger partial charge in [-0.1, -0.05) is 12.2 Å². The molecule has 0 aromatic carbocycles. The molecule has 1 rings (SSSR count). The number of likely N-dealkylation sites (tertiary alicyclic amines) is 1. The molecule has 1 heterocycles. The summed E-state index contributed by atoms with van der Waals surface area (Å²) in [6.07, 6.45) is 2.15. The van der Waals surface area contributed by atoms with E-state index in [-0.39, 0.29) is 6.54 Å². The topological polar surface area (TPSA) is 40.5 Å². The highest BCUT2D eigenvalue weighted by atomic mass is 16.4. The highest BCUT2D eigenvalue weighted by Gasteiger charge is 2.25. The standard InChI is InChI=1S/C9H15NO2/c1-7(2)8-4-3-5-10(8)6-9(11)12/h8H,1,3-6H2,2H3,(H,11,12). The Hall–Kier alpha value is -0.830. The zero-order valence-electron chi connectivity index (χ0n) is 7.42. The lowest BCUT2D eigenvalue weighted by Gasteiger charge is -2.22. The third-order valence-electron chi connectivity index (χ3n) is 2.27. The molecule has 1 unspecified atom stereocenters. The molecule has 3 nitrogen and oxygen atoms in total. The minimum Gasteiger partial charge on any atom is -0.480 e. The highest BCUT2D eigenvalue weighted by molar-refractivity contribution is 5.69. The molecule has 0 aromatic heterocycles. The zero-order chi connectivity index (χ0) is 9.14. The number of hydrogen-bond acceptors (Lipinski definition) is 2. The van der Waals surface area contributed by atoms with Gasteiger partial charge in [0.1, 0.15) is 0 Å². The Morgan fingerprint density at radius 2 is 2.42 bits per heavy atom. The van der Waals surface area contributed by atoms with Crippen molar-refractivity contribution in [3.63, 3.8) is 0 Å². The van der Waals surface area contributed by atoms with Crippen molar-refractivity contribution in [2.75, 3.05) is 13.1 Å². The van der Waals surface area contributed by atoms with Crippen molar-refractivity contribution >= 4 is 5.97 Å². The maximum absolute atomic E-state index is 10.5. The van der Waals surface area contributed by atoms with E-state index >= 15 is 0 Å². The van der Waals surface area contributed by atoms with E-state index in [0.717, 1.165) is 25.0 Å². The Morgan fingerprint density at radius 3 is 2.92 bits per heavy atom. The molecule has 0 amide bonds. The first kappa shape index (κ1) is 9.26. The molecular formula is C9H15NO2. The van der Waals surface area contributed by atoms with Crippen molar-refractivity contribution < 1.29 is 9.90 Å². The summed E-state index contributed by atoms with van der Waals surface area (Å²) < 4.78 is 0. The van der Waals surface area contributed by atoms with Gasteiger partial charge in [0, 0.05) is 6.04 Å². The van der Waals surface area contributed by atoms with Crippen LogP contribution in [0.1, 0.15) is 19.8 Å². The van der Waals surface area contributed by atoms with Gasteiger partial charge in [-0.05, 0) is 26.3 Å². The molecule has 12 heavy (non-hydrogen) atoms. The lowest BCUT2D eigenvalue weighted by molar-refractivity contribution is -0.138. The predicted octanol–water partition coefficient (Wildman–Crippen LogP) is 1.11. The van der Waals surface area contributed by atoms with Crippen LogP contribution in [0.2, 0.25) is 0 Å². The minimum atomic E-state index is -0.747. The first-order chi connectivity index (χ1) is 5.61. The number of hydrogen-bond donors (Lipinski definition) is 1. The van der Waals surface area contributed by atoms with Crippen LogP contribution in [0.5, 0.6) is 0 Å². The fourth-order valence-electron chi connectivity index (χ4n) is 1.75. The predicted molar refractivity (Wildman–Crippen MR) is 47.0 cm³/mol. The largest absolute Gasteiger partial charge is 0.480 e. The van der Waals surface area contributed by atoms with Crippen molar-refractivity contribution in [2.45, 2.75) is 25.8 Å². The van der Waals surface area contributed by atoms with Crippen LogP contribution in [0.15, 0.2) is 12.2 Å². The van der Waals surface area contributed by atoms with Gasteiger partial charge in [0.25, 0.3) is 0 Å². The van der Waals surface area contributed by atoms with Crippen LogP contribution in [0, 0.1) is 0 Å². The summed E-state index contributed by atoms with van der Waals surface area (Å²) in [5.74, 6) is -0.747. The average Bonchev–Trinajstić information content (AvgIpc) is 2.33. The molecule has 1 fully saturated rings. The van der Waals surface area contributed by atoms with E-state index in [2.05, 4.69) is 6.58 Å². The maximum atomic E-state index is 10.5. The van der Waals surface area contributed by atoms with Crippen molar-refractivity contribution in [1.29, 1.82) is 0 Å². The number of carbonyl (C=O) groups is 1. The molecule has 68 valence electrons. The average molecular weight is 169 g/mol. The molecule has 1 N–H and O–H groups in total. The number of carboxylic acid groups (broad SMARTS) is 1. The maximum Gasteiger partial charge on any atom is 0.317 e. The Labute approximate surface area is 72.7 Å². The quantitative estimate of drug-likeness (QED) is 0.643. The number of rotatable bonds is 3. The third kappa shape index (κ3) is 2.08. The summed E-state index contributed by atoms with van der Waals surface area (Å²) in [5, 5.41) is 8.60. The molecule has 1 aliphatic heterocycles. The SMILES string of the molecule is C=C(C)C1CCCN1CC(=O)O. The van der Waals surface area contributed by atoms with Crippen LogP contribution in [0.4, 0.5) is 0 Å². The van der Waals surface area contributed by atoms with Crippen LogP contribution in [0.3, 0.4) is 0 Å². The van der Waals surface area contributed by atoms with Crippen molar-refractivity contribution in [3.8, 4) is 0 Å². The zero-order valence-corrected chi connectivity index (χ0v) is 7.42. The monoisotopic (exact) mass is 169 g/mol. The number of carboxylic acids is 1. The third-order valence-corrected chi connectivity index (χ3v) is 2.27. The van der Waals surface area contributed by atoms with E-state index in [9.17, 15) is 4.79 Å². The molecule has 1 aliphatic rings. The van der Waals surface area contributed by atoms with Gasteiger partial charge in [-0.15, -0.1) is 0 Å². The van der Waals surface area contributed by atoms with Crippen LogP contribution >= 0.6 is 0 Å². The second kappa shape index (κ2) is 3.72. The van der Waals surface area contributed by atoms with Gasteiger partial charge in [0.2, 0.25) is 0 Å². The summed E-state index contributed by atoms with van der Waals surface area (Å²) in [4.78, 5) is 12.4. The fourth-order valence-corrected chi connectivity index (χ4v) is 1.75. The van der Waals surface area contributed by atoms with E-state index in [4.69, 9.17) is 5.11 Å². The summed E-state index contributed by atoms with van der Waals surface area (Å²) in [7, 11) is 0. The molecule has 3 heteroatoms. The number of aliphatic carboxylic acids is 1. The molecule has 0 radical (unpaired) electrons. The van der Waals surface area contributed by atoms with Crippen LogP contribution < -0.4 is 0 Å². The Balaban J connectivity index is 2.52. The molecule has 0 bridgehead atoms. The first-order valence-electron chi connectivity index (χ1n) is 4.22. The van der Waals surface area contributed by atoms with E-state index < -0.39 is 5.97 Å². The van der Waals surface area contributed by atoms with Crippen LogP contribution in [-0.4, -0.2) is 35.1 Å². The molecule has 1 atom stereocenters. The van der Waals surface area contributed by atoms with Crippen LogP contribution in [0.25, 0.3) is 0 Å². The van der Waals surface area contributed by atoms with Crippen molar-refractivity contribution in [1.82, 2.24) is 4.90 Å². The van der Waals surface area contributed by atoms with Gasteiger partial charge in [-0.2, -0.15) is 0 Å². The van der Waals surface area contributed by atoms with Gasteiger partial charge in [0.15, 0.2) is 0 Å². The molecule has 0 aromatic rings. The van der Waals surface area contributed by atoms with E-state index in [0.29, 0.717) is 6.04 Å². The van der Waals surface area contributed by atoms with Gasteiger partial charge in [0.05, 0.1) is 6.54 Å². The van der Waals surface area contributed by atoms with Crippen molar-refractivity contribution in [2.24, 2.45) is 0 Å². The molecule has 0 saturated carbocycles. The second-order valence-corrected chi connectivity index (χ2v) is 3.37. The molecular weight excluding hydrogens is 154 g/mol. The fraction of sp³-hybridized carbons (Fsp3) is 0.667. The smallest absolute Gasteiger partial charge is 0.317 e. The van der Waals surface area contributed by atoms with Gasteiger partial charge in [-0.25, -0.2) is 0 Å². The Bertz CT molecular complexity index is 201. The summed E-state index contributed by atoms with van der Waals surface area (Å²) in [6, 6.07) is 0.293. The first-order valence-corrected chi connectivity index (χ1v) is 4.22. The molecule has 0 aliphatic carbocycles. The summed E-state index contributed by atoms with van der Waals surface area (Å²) in [6.45, 7) is 6.87. The van der Waals surface area contributed by atoms with Crippen molar-refractivity contribution in [3.05, 3.63) is 12.2 Å². The van der Waals surface area contributed by atoms with Gasteiger partial charge >= 0.3 is 5.97 Å². The minimum absolute atomic E-state index is 0.150. The number of nitrogens with zero attached hydrogens (tertiary/aromatic N) is 1. The summed E-state index contributed by atoms with van der Waals surface area (Å²) >= 11 is 0.